The van der Waals surface area contributed by atoms with Crippen molar-refractivity contribution in [3.63, 3.8) is 0 Å². The van der Waals surface area contributed by atoms with Crippen molar-refractivity contribution in [1.29, 1.82) is 0 Å². The van der Waals surface area contributed by atoms with Gasteiger partial charge in [-0.3, -0.25) is 4.99 Å². The zero-order chi connectivity index (χ0) is 22.3. The quantitative estimate of drug-likeness (QED) is 0.477. The van der Waals surface area contributed by atoms with Crippen molar-refractivity contribution >= 4 is 11.6 Å². The number of para-hydroxylation sites is 2. The summed E-state index contributed by atoms with van der Waals surface area (Å²) in [6.45, 7) is 7.02. The highest BCUT2D eigenvalue weighted by Crippen LogP contribution is 2.32. The number of methoxy groups -OCH3 is 2. The molecule has 9 heteroatoms. The summed E-state index contributed by atoms with van der Waals surface area (Å²) in [5.74, 6) is 4.14. The number of fused-ring (bicyclic) bond motifs is 1. The van der Waals surface area contributed by atoms with E-state index in [2.05, 4.69) is 44.7 Å². The Morgan fingerprint density at radius 2 is 2.09 bits per heavy atom. The van der Waals surface area contributed by atoms with Crippen molar-refractivity contribution in [2.75, 3.05) is 45.3 Å². The standard InChI is InChI=1S/C23H35N7O2/c1-4-24-23(26-18-9-10-22-27-21(16-31-2)28-30(22)15-18)25-13-17-11-12-29(14-17)19-7-5-6-8-20(19)32-3/h5-8,17-18H,4,9-16H2,1-3H3,(H2,24,25,26). The number of benzene rings is 1. The van der Waals surface area contributed by atoms with Gasteiger partial charge in [0.25, 0.3) is 0 Å². The van der Waals surface area contributed by atoms with Crippen LogP contribution in [0.1, 0.15) is 31.4 Å². The highest BCUT2D eigenvalue weighted by atomic mass is 16.5. The van der Waals surface area contributed by atoms with Crippen molar-refractivity contribution in [1.82, 2.24) is 25.4 Å². The van der Waals surface area contributed by atoms with Gasteiger partial charge in [0.1, 0.15) is 18.2 Å². The maximum atomic E-state index is 5.54. The highest BCUT2D eigenvalue weighted by molar-refractivity contribution is 5.80. The minimum absolute atomic E-state index is 0.283. The number of guanidine groups is 1. The highest BCUT2D eigenvalue weighted by Gasteiger charge is 2.25. The van der Waals surface area contributed by atoms with Gasteiger partial charge in [0.05, 0.1) is 19.3 Å². The van der Waals surface area contributed by atoms with Gasteiger partial charge in [0, 0.05) is 45.8 Å². The van der Waals surface area contributed by atoms with E-state index in [9.17, 15) is 0 Å². The van der Waals surface area contributed by atoms with Gasteiger partial charge in [0.2, 0.25) is 0 Å². The maximum Gasteiger partial charge on any atom is 0.191 e. The van der Waals surface area contributed by atoms with Crippen LogP contribution in [0.3, 0.4) is 0 Å². The van der Waals surface area contributed by atoms with Gasteiger partial charge < -0.3 is 25.0 Å². The predicted octanol–water partition coefficient (Wildman–Crippen LogP) is 1.83. The van der Waals surface area contributed by atoms with Crippen LogP contribution in [0.5, 0.6) is 5.75 Å². The van der Waals surface area contributed by atoms with Gasteiger partial charge in [-0.15, -0.1) is 0 Å². The van der Waals surface area contributed by atoms with E-state index in [0.29, 0.717) is 12.5 Å². The van der Waals surface area contributed by atoms with E-state index in [1.807, 2.05) is 16.8 Å². The molecule has 3 heterocycles. The third kappa shape index (κ3) is 5.32. The molecule has 1 aromatic heterocycles. The molecule has 0 saturated carbocycles. The summed E-state index contributed by atoms with van der Waals surface area (Å²) in [5, 5.41) is 11.6. The Kier molecular flexibility index (Phi) is 7.47. The number of ether oxygens (including phenoxy) is 2. The van der Waals surface area contributed by atoms with Gasteiger partial charge in [-0.1, -0.05) is 12.1 Å². The second kappa shape index (κ2) is 10.7. The summed E-state index contributed by atoms with van der Waals surface area (Å²) in [6, 6.07) is 8.53. The van der Waals surface area contributed by atoms with Crippen LogP contribution in [-0.2, 0) is 24.3 Å². The number of rotatable bonds is 8. The summed E-state index contributed by atoms with van der Waals surface area (Å²) >= 11 is 0. The Morgan fingerprint density at radius 3 is 2.91 bits per heavy atom. The lowest BCUT2D eigenvalue weighted by atomic mass is 10.1. The monoisotopic (exact) mass is 441 g/mol. The Morgan fingerprint density at radius 1 is 1.22 bits per heavy atom. The smallest absolute Gasteiger partial charge is 0.191 e. The number of aryl methyl sites for hydroxylation is 1. The average Bonchev–Trinajstić information content (AvgIpc) is 3.44. The van der Waals surface area contributed by atoms with E-state index in [1.165, 1.54) is 5.69 Å². The molecule has 2 aromatic rings. The molecule has 2 unspecified atom stereocenters. The molecule has 2 aliphatic rings. The fourth-order valence-electron chi connectivity index (χ4n) is 4.49. The van der Waals surface area contributed by atoms with Crippen LogP contribution < -0.4 is 20.3 Å². The zero-order valence-corrected chi connectivity index (χ0v) is 19.4. The molecule has 32 heavy (non-hydrogen) atoms. The number of nitrogens with zero attached hydrogens (tertiary/aromatic N) is 5. The molecule has 0 amide bonds. The van der Waals surface area contributed by atoms with E-state index >= 15 is 0 Å². The minimum Gasteiger partial charge on any atom is -0.495 e. The fraction of sp³-hybridized carbons (Fsp3) is 0.609. The molecular formula is C23H35N7O2. The largest absolute Gasteiger partial charge is 0.495 e. The van der Waals surface area contributed by atoms with E-state index in [4.69, 9.17) is 14.5 Å². The van der Waals surface area contributed by atoms with Crippen LogP contribution in [0.2, 0.25) is 0 Å². The molecular weight excluding hydrogens is 406 g/mol. The second-order valence-electron chi connectivity index (χ2n) is 8.43. The summed E-state index contributed by atoms with van der Waals surface area (Å²) in [6.07, 6.45) is 3.06. The van der Waals surface area contributed by atoms with Crippen molar-refractivity contribution in [2.24, 2.45) is 10.9 Å². The zero-order valence-electron chi connectivity index (χ0n) is 19.4. The first kappa shape index (κ1) is 22.4. The number of aliphatic imine (C=N–C) groups is 1. The first-order chi connectivity index (χ1) is 15.7. The fourth-order valence-corrected chi connectivity index (χ4v) is 4.49. The number of anilines is 1. The Bertz CT molecular complexity index is 913. The van der Waals surface area contributed by atoms with Crippen LogP contribution in [0, 0.1) is 5.92 Å². The molecule has 0 radical (unpaired) electrons. The first-order valence-corrected chi connectivity index (χ1v) is 11.5. The molecule has 1 fully saturated rings. The SMILES string of the molecule is CCNC(=NCC1CCN(c2ccccc2OC)C1)NC1CCc2nc(COC)nn2C1. The molecule has 4 rings (SSSR count). The van der Waals surface area contributed by atoms with Gasteiger partial charge >= 0.3 is 0 Å². The van der Waals surface area contributed by atoms with E-state index < -0.39 is 0 Å². The van der Waals surface area contributed by atoms with E-state index in [1.54, 1.807) is 14.2 Å². The Labute approximate surface area is 190 Å². The normalized spacial score (nSPS) is 20.8. The van der Waals surface area contributed by atoms with Crippen LogP contribution in [0.25, 0.3) is 0 Å². The summed E-state index contributed by atoms with van der Waals surface area (Å²) in [4.78, 5) is 11.9. The van der Waals surface area contributed by atoms with Crippen LogP contribution in [0.15, 0.2) is 29.3 Å². The van der Waals surface area contributed by atoms with Gasteiger partial charge in [-0.2, -0.15) is 5.10 Å². The molecule has 9 nitrogen and oxygen atoms in total. The Balaban J connectivity index is 1.33. The number of aromatic nitrogens is 3. The van der Waals surface area contributed by atoms with Crippen molar-refractivity contribution < 1.29 is 9.47 Å². The first-order valence-electron chi connectivity index (χ1n) is 11.5. The lowest BCUT2D eigenvalue weighted by Crippen LogP contribution is -2.47. The van der Waals surface area contributed by atoms with Crippen LogP contribution >= 0.6 is 0 Å². The summed E-state index contributed by atoms with van der Waals surface area (Å²) in [5.41, 5.74) is 1.17. The van der Waals surface area contributed by atoms with Gasteiger partial charge in [0.15, 0.2) is 11.8 Å². The second-order valence-corrected chi connectivity index (χ2v) is 8.43. The third-order valence-corrected chi connectivity index (χ3v) is 6.08. The molecule has 174 valence electrons. The molecule has 0 bridgehead atoms. The van der Waals surface area contributed by atoms with Crippen molar-refractivity contribution in [3.05, 3.63) is 35.9 Å². The molecule has 2 N–H and O–H groups in total. The summed E-state index contributed by atoms with van der Waals surface area (Å²) < 4.78 is 12.7. The molecule has 0 aliphatic carbocycles. The lowest BCUT2D eigenvalue weighted by molar-refractivity contribution is 0.177. The van der Waals surface area contributed by atoms with Crippen LogP contribution in [0.4, 0.5) is 5.69 Å². The summed E-state index contributed by atoms with van der Waals surface area (Å²) in [7, 11) is 3.40. The number of nitrogens with one attached hydrogen (secondary N) is 2. The van der Waals surface area contributed by atoms with E-state index in [-0.39, 0.29) is 6.04 Å². The van der Waals surface area contributed by atoms with Crippen LogP contribution in [-0.4, -0.2) is 67.2 Å². The van der Waals surface area contributed by atoms with Crippen molar-refractivity contribution in [2.45, 2.75) is 45.4 Å². The molecule has 2 aliphatic heterocycles. The van der Waals surface area contributed by atoms with Crippen molar-refractivity contribution in [3.8, 4) is 5.75 Å². The number of hydrogen-bond acceptors (Lipinski definition) is 6. The lowest BCUT2D eigenvalue weighted by Gasteiger charge is -2.25. The van der Waals surface area contributed by atoms with Gasteiger partial charge in [-0.25, -0.2) is 9.67 Å². The molecule has 0 spiro atoms. The average molecular weight is 442 g/mol. The topological polar surface area (TPSA) is 88.8 Å². The third-order valence-electron chi connectivity index (χ3n) is 6.08. The predicted molar refractivity (Wildman–Crippen MR) is 125 cm³/mol. The maximum absolute atomic E-state index is 5.54. The minimum atomic E-state index is 0.283. The molecule has 2 atom stereocenters. The van der Waals surface area contributed by atoms with Gasteiger partial charge in [-0.05, 0) is 37.8 Å². The number of hydrogen-bond donors (Lipinski definition) is 2. The molecule has 1 saturated heterocycles. The Hall–Kier alpha value is -2.81. The van der Waals surface area contributed by atoms with E-state index in [0.717, 1.165) is 75.3 Å². The molecule has 1 aromatic carbocycles.